The Labute approximate surface area is 180 Å². The first-order valence-electron chi connectivity index (χ1n) is 9.86. The lowest BCUT2D eigenvalue weighted by Gasteiger charge is -2.35. The third-order valence-corrected chi connectivity index (χ3v) is 5.67. The molecule has 4 rings (SSSR count). The number of nitrogens with one attached hydrogen (secondary N) is 1. The Morgan fingerprint density at radius 2 is 1.70 bits per heavy atom. The van der Waals surface area contributed by atoms with E-state index in [4.69, 9.17) is 11.6 Å². The van der Waals surface area contributed by atoms with Crippen LogP contribution in [0.25, 0.3) is 5.82 Å². The van der Waals surface area contributed by atoms with Gasteiger partial charge in [0, 0.05) is 42.6 Å². The predicted octanol–water partition coefficient (Wildman–Crippen LogP) is 3.60. The molecule has 0 atom stereocenters. The Bertz CT molecular complexity index is 1060. The summed E-state index contributed by atoms with van der Waals surface area (Å²) in [5, 5.41) is 16.7. The summed E-state index contributed by atoms with van der Waals surface area (Å²) < 4.78 is 1.78. The Balaban J connectivity index is 1.36. The topological polar surface area (TPSA) is 79.2 Å². The van der Waals surface area contributed by atoms with Crippen LogP contribution in [-0.2, 0) is 0 Å². The first kappa shape index (κ1) is 20.2. The fourth-order valence-corrected chi connectivity index (χ4v) is 3.71. The molecule has 9 heteroatoms. The number of hydrogen-bond donors (Lipinski definition) is 1. The van der Waals surface area contributed by atoms with Gasteiger partial charge in [0.05, 0.1) is 5.69 Å². The zero-order valence-corrected chi connectivity index (χ0v) is 18.0. The number of piperazine rings is 1. The van der Waals surface area contributed by atoms with Crippen molar-refractivity contribution in [2.45, 2.75) is 20.8 Å². The lowest BCUT2D eigenvalue weighted by molar-refractivity contribution is 0.208. The van der Waals surface area contributed by atoms with Gasteiger partial charge in [-0.05, 0) is 56.7 Å². The molecule has 1 aliphatic rings. The molecule has 0 spiro atoms. The van der Waals surface area contributed by atoms with E-state index in [1.54, 1.807) is 9.58 Å². The number of amides is 2. The maximum Gasteiger partial charge on any atom is 0.321 e. The van der Waals surface area contributed by atoms with Crippen LogP contribution in [0.2, 0.25) is 5.02 Å². The van der Waals surface area contributed by atoms with Gasteiger partial charge < -0.3 is 15.1 Å². The molecule has 1 saturated heterocycles. The van der Waals surface area contributed by atoms with Crippen LogP contribution < -0.4 is 10.2 Å². The number of aryl methyl sites for hydroxylation is 2. The zero-order valence-electron chi connectivity index (χ0n) is 17.3. The summed E-state index contributed by atoms with van der Waals surface area (Å²) in [7, 11) is 0. The summed E-state index contributed by atoms with van der Waals surface area (Å²) in [6.45, 7) is 8.42. The van der Waals surface area contributed by atoms with Crippen LogP contribution in [0.4, 0.5) is 16.3 Å². The number of aromatic nitrogens is 4. The van der Waals surface area contributed by atoms with Crippen LogP contribution in [0.5, 0.6) is 0 Å². The molecular formula is C21H24ClN7O. The minimum atomic E-state index is -0.119. The van der Waals surface area contributed by atoms with Crippen LogP contribution in [0.3, 0.4) is 0 Å². The van der Waals surface area contributed by atoms with Gasteiger partial charge in [0.15, 0.2) is 11.6 Å². The van der Waals surface area contributed by atoms with Gasteiger partial charge in [-0.1, -0.05) is 17.7 Å². The van der Waals surface area contributed by atoms with Crippen molar-refractivity contribution in [3.63, 3.8) is 0 Å². The third-order valence-electron chi connectivity index (χ3n) is 5.26. The summed E-state index contributed by atoms with van der Waals surface area (Å²) in [5.74, 6) is 1.49. The monoisotopic (exact) mass is 425 g/mol. The van der Waals surface area contributed by atoms with Crippen LogP contribution >= 0.6 is 11.6 Å². The second kappa shape index (κ2) is 8.31. The Hall–Kier alpha value is -3.13. The van der Waals surface area contributed by atoms with E-state index < -0.39 is 0 Å². The standard InChI is InChI=1S/C21H24ClN7O/c1-14-13-15(2)29(26-14)20-8-7-19(24-25-20)27-9-11-28(12-10-27)21(30)23-18-6-4-5-17(22)16(18)3/h4-8,13H,9-12H2,1-3H3,(H,23,30). The average molecular weight is 426 g/mol. The molecule has 0 radical (unpaired) electrons. The first-order valence-corrected chi connectivity index (χ1v) is 10.2. The van der Waals surface area contributed by atoms with E-state index in [-0.39, 0.29) is 6.03 Å². The van der Waals surface area contributed by atoms with Crippen molar-refractivity contribution in [1.29, 1.82) is 0 Å². The number of nitrogens with zero attached hydrogens (tertiary/aromatic N) is 6. The molecule has 30 heavy (non-hydrogen) atoms. The molecule has 3 aromatic rings. The normalized spacial score (nSPS) is 14.1. The summed E-state index contributed by atoms with van der Waals surface area (Å²) in [6.07, 6.45) is 0. The molecule has 1 aromatic carbocycles. The van der Waals surface area contributed by atoms with E-state index in [9.17, 15) is 4.79 Å². The Morgan fingerprint density at radius 1 is 1.00 bits per heavy atom. The van der Waals surface area contributed by atoms with E-state index in [0.717, 1.165) is 28.5 Å². The van der Waals surface area contributed by atoms with Gasteiger partial charge in [-0.3, -0.25) is 0 Å². The maximum absolute atomic E-state index is 12.6. The predicted molar refractivity (Wildman–Crippen MR) is 118 cm³/mol. The van der Waals surface area contributed by atoms with Crippen LogP contribution in [0.15, 0.2) is 36.4 Å². The summed E-state index contributed by atoms with van der Waals surface area (Å²) in [6, 6.07) is 11.3. The van der Waals surface area contributed by atoms with Gasteiger partial charge in [-0.25, -0.2) is 9.48 Å². The molecule has 1 fully saturated rings. The average Bonchev–Trinajstić information content (AvgIpc) is 3.09. The summed E-state index contributed by atoms with van der Waals surface area (Å²) in [5.41, 5.74) is 3.56. The molecule has 0 aliphatic carbocycles. The molecule has 3 heterocycles. The summed E-state index contributed by atoms with van der Waals surface area (Å²) in [4.78, 5) is 16.6. The minimum Gasteiger partial charge on any atom is -0.352 e. The van der Waals surface area contributed by atoms with Crippen molar-refractivity contribution < 1.29 is 4.79 Å². The van der Waals surface area contributed by atoms with E-state index in [1.807, 2.05) is 57.2 Å². The SMILES string of the molecule is Cc1cc(C)n(-c2ccc(N3CCN(C(=O)Nc4cccc(Cl)c4C)CC3)nn2)n1. The van der Waals surface area contributed by atoms with Crippen molar-refractivity contribution in [3.05, 3.63) is 58.4 Å². The number of rotatable bonds is 3. The highest BCUT2D eigenvalue weighted by molar-refractivity contribution is 6.31. The van der Waals surface area contributed by atoms with Gasteiger partial charge in [0.25, 0.3) is 0 Å². The van der Waals surface area contributed by atoms with Crippen LogP contribution in [0.1, 0.15) is 17.0 Å². The number of urea groups is 1. The molecule has 0 unspecified atom stereocenters. The van der Waals surface area contributed by atoms with Crippen molar-refractivity contribution in [2.75, 3.05) is 36.4 Å². The Morgan fingerprint density at radius 3 is 2.33 bits per heavy atom. The van der Waals surface area contributed by atoms with E-state index in [2.05, 4.69) is 25.5 Å². The largest absolute Gasteiger partial charge is 0.352 e. The van der Waals surface area contributed by atoms with Crippen LogP contribution in [0, 0.1) is 20.8 Å². The highest BCUT2D eigenvalue weighted by atomic mass is 35.5. The van der Waals surface area contributed by atoms with Crippen molar-refractivity contribution >= 4 is 29.1 Å². The minimum absolute atomic E-state index is 0.119. The number of carbonyl (C=O) groups excluding carboxylic acids is 1. The van der Waals surface area contributed by atoms with E-state index in [0.29, 0.717) is 37.0 Å². The second-order valence-electron chi connectivity index (χ2n) is 7.41. The Kier molecular flexibility index (Phi) is 5.59. The summed E-state index contributed by atoms with van der Waals surface area (Å²) >= 11 is 6.14. The van der Waals surface area contributed by atoms with Crippen molar-refractivity contribution in [1.82, 2.24) is 24.9 Å². The number of anilines is 2. The fraction of sp³-hybridized carbons (Fsp3) is 0.333. The molecule has 1 aliphatic heterocycles. The molecular weight excluding hydrogens is 402 g/mol. The first-order chi connectivity index (χ1) is 14.4. The molecule has 8 nitrogen and oxygen atoms in total. The molecule has 1 N–H and O–H groups in total. The smallest absolute Gasteiger partial charge is 0.321 e. The lowest BCUT2D eigenvalue weighted by Crippen LogP contribution is -2.50. The van der Waals surface area contributed by atoms with Crippen molar-refractivity contribution in [2.24, 2.45) is 0 Å². The molecule has 0 bridgehead atoms. The van der Waals surface area contributed by atoms with Gasteiger partial charge >= 0.3 is 6.03 Å². The van der Waals surface area contributed by atoms with Crippen molar-refractivity contribution in [3.8, 4) is 5.82 Å². The zero-order chi connectivity index (χ0) is 21.3. The molecule has 156 valence electrons. The molecule has 0 saturated carbocycles. The number of carbonyl (C=O) groups is 1. The quantitative estimate of drug-likeness (QED) is 0.693. The number of hydrogen-bond acceptors (Lipinski definition) is 5. The fourth-order valence-electron chi connectivity index (χ4n) is 3.54. The number of benzene rings is 1. The van der Waals surface area contributed by atoms with Crippen LogP contribution in [-0.4, -0.2) is 57.1 Å². The van der Waals surface area contributed by atoms with E-state index in [1.165, 1.54) is 0 Å². The number of halogens is 1. The lowest BCUT2D eigenvalue weighted by atomic mass is 10.2. The van der Waals surface area contributed by atoms with Gasteiger partial charge in [-0.2, -0.15) is 5.10 Å². The second-order valence-corrected chi connectivity index (χ2v) is 7.81. The highest BCUT2D eigenvalue weighted by Gasteiger charge is 2.23. The molecule has 2 aromatic heterocycles. The third kappa shape index (κ3) is 4.09. The highest BCUT2D eigenvalue weighted by Crippen LogP contribution is 2.23. The van der Waals surface area contributed by atoms with Gasteiger partial charge in [0.2, 0.25) is 0 Å². The molecule has 2 amide bonds. The van der Waals surface area contributed by atoms with E-state index >= 15 is 0 Å². The van der Waals surface area contributed by atoms with Gasteiger partial charge in [-0.15, -0.1) is 10.2 Å². The van der Waals surface area contributed by atoms with Gasteiger partial charge in [0.1, 0.15) is 0 Å². The maximum atomic E-state index is 12.6.